The van der Waals surface area contributed by atoms with Crippen LogP contribution in [-0.2, 0) is 17.8 Å². The normalized spacial score (nSPS) is 11.7. The maximum atomic E-state index is 12.5. The molecule has 31 heavy (non-hydrogen) atoms. The second kappa shape index (κ2) is 8.49. The summed E-state index contributed by atoms with van der Waals surface area (Å²) >= 11 is 0. The third-order valence-corrected chi connectivity index (χ3v) is 5.93. The van der Waals surface area contributed by atoms with Crippen LogP contribution in [0.25, 0.3) is 22.1 Å². The average Bonchev–Trinajstić information content (AvgIpc) is 3.29. The van der Waals surface area contributed by atoms with Gasteiger partial charge in [0.2, 0.25) is 5.91 Å². The molecule has 7 nitrogen and oxygen atoms in total. The Morgan fingerprint density at radius 1 is 1.13 bits per heavy atom. The van der Waals surface area contributed by atoms with E-state index in [1.54, 1.807) is 0 Å². The van der Waals surface area contributed by atoms with Crippen molar-refractivity contribution in [2.24, 2.45) is 0 Å². The number of nitrogens with one attached hydrogen (secondary N) is 1. The fourth-order valence-electron chi connectivity index (χ4n) is 4.25. The Bertz CT molecular complexity index is 1250. The summed E-state index contributed by atoms with van der Waals surface area (Å²) < 4.78 is 4.10. The molecule has 0 aliphatic carbocycles. The van der Waals surface area contributed by atoms with Gasteiger partial charge < -0.3 is 9.88 Å². The van der Waals surface area contributed by atoms with Crippen LogP contribution in [0.2, 0.25) is 0 Å². The van der Waals surface area contributed by atoms with E-state index in [4.69, 9.17) is 4.98 Å². The summed E-state index contributed by atoms with van der Waals surface area (Å²) in [4.78, 5) is 21.9. The highest BCUT2D eigenvalue weighted by Gasteiger charge is 2.16. The first-order valence-electron chi connectivity index (χ1n) is 10.9. The van der Waals surface area contributed by atoms with Gasteiger partial charge in [-0.1, -0.05) is 12.1 Å². The number of carbonyl (C=O) groups is 1. The molecule has 0 saturated heterocycles. The highest BCUT2D eigenvalue weighted by molar-refractivity contribution is 5.81. The Balaban J connectivity index is 1.39. The third-order valence-electron chi connectivity index (χ3n) is 5.93. The third kappa shape index (κ3) is 4.04. The minimum Gasteiger partial charge on any atom is -0.354 e. The predicted molar refractivity (Wildman–Crippen MR) is 123 cm³/mol. The quantitative estimate of drug-likeness (QED) is 0.491. The van der Waals surface area contributed by atoms with E-state index in [1.165, 1.54) is 5.56 Å². The van der Waals surface area contributed by atoms with Crippen molar-refractivity contribution >= 4 is 28.0 Å². The summed E-state index contributed by atoms with van der Waals surface area (Å²) in [6, 6.07) is 8.34. The van der Waals surface area contributed by atoms with Gasteiger partial charge in [-0.25, -0.2) is 14.6 Å². The number of pyridine rings is 1. The molecule has 1 aromatic carbocycles. The number of imidazole rings is 1. The molecular formula is C24H30N6O. The second-order valence-corrected chi connectivity index (χ2v) is 8.37. The molecule has 4 rings (SSSR count). The van der Waals surface area contributed by atoms with E-state index >= 15 is 0 Å². The molecule has 7 heteroatoms. The predicted octanol–water partition coefficient (Wildman–Crippen LogP) is 4.04. The summed E-state index contributed by atoms with van der Waals surface area (Å²) in [7, 11) is 0. The molecule has 3 heterocycles. The zero-order valence-corrected chi connectivity index (χ0v) is 18.9. The van der Waals surface area contributed by atoms with E-state index in [-0.39, 0.29) is 11.9 Å². The van der Waals surface area contributed by atoms with Crippen LogP contribution >= 0.6 is 0 Å². The largest absolute Gasteiger partial charge is 0.354 e. The maximum Gasteiger partial charge on any atom is 0.220 e. The monoisotopic (exact) mass is 418 g/mol. The van der Waals surface area contributed by atoms with Crippen molar-refractivity contribution in [2.75, 3.05) is 6.54 Å². The molecule has 1 amide bonds. The van der Waals surface area contributed by atoms with Gasteiger partial charge in [0.1, 0.15) is 5.82 Å². The lowest BCUT2D eigenvalue weighted by atomic mass is 10.0. The van der Waals surface area contributed by atoms with Gasteiger partial charge in [0, 0.05) is 36.6 Å². The number of hydrogen-bond acceptors (Lipinski definition) is 4. The van der Waals surface area contributed by atoms with Crippen LogP contribution in [0.15, 0.2) is 30.5 Å². The number of amides is 1. The first-order chi connectivity index (χ1) is 14.9. The number of nitrogens with zero attached hydrogens (tertiary/aromatic N) is 5. The summed E-state index contributed by atoms with van der Waals surface area (Å²) in [5.74, 6) is 1.02. The van der Waals surface area contributed by atoms with Crippen molar-refractivity contribution in [3.05, 3.63) is 53.1 Å². The van der Waals surface area contributed by atoms with Crippen molar-refractivity contribution < 1.29 is 4.79 Å². The Kier molecular flexibility index (Phi) is 5.76. The summed E-state index contributed by atoms with van der Waals surface area (Å²) in [5, 5.41) is 8.61. The van der Waals surface area contributed by atoms with Gasteiger partial charge in [-0.2, -0.15) is 5.10 Å². The van der Waals surface area contributed by atoms with Crippen LogP contribution in [0.4, 0.5) is 0 Å². The van der Waals surface area contributed by atoms with Crippen molar-refractivity contribution in [3.8, 4) is 0 Å². The van der Waals surface area contributed by atoms with E-state index in [1.807, 2.05) is 42.9 Å². The van der Waals surface area contributed by atoms with E-state index < -0.39 is 0 Å². The first kappa shape index (κ1) is 21.0. The topological polar surface area (TPSA) is 77.6 Å². The molecule has 0 aliphatic heterocycles. The average molecular weight is 419 g/mol. The Morgan fingerprint density at radius 3 is 2.68 bits per heavy atom. The molecule has 3 aromatic heterocycles. The van der Waals surface area contributed by atoms with Gasteiger partial charge in [-0.15, -0.1) is 0 Å². The van der Waals surface area contributed by atoms with Gasteiger partial charge >= 0.3 is 0 Å². The molecule has 0 spiro atoms. The smallest absolute Gasteiger partial charge is 0.220 e. The molecule has 0 atom stereocenters. The summed E-state index contributed by atoms with van der Waals surface area (Å²) in [5.41, 5.74) is 6.29. The highest BCUT2D eigenvalue weighted by Crippen LogP contribution is 2.25. The number of para-hydroxylation sites is 2. The SMILES string of the molecule is Cc1nc2c(cnn2C(C)C)c(C)c1CCC(=O)NCCn1c(C)nc2ccccc21. The van der Waals surface area contributed by atoms with Crippen LogP contribution in [0.1, 0.15) is 49.0 Å². The molecule has 162 valence electrons. The number of hydrogen-bond donors (Lipinski definition) is 1. The molecule has 0 radical (unpaired) electrons. The van der Waals surface area contributed by atoms with E-state index in [0.717, 1.165) is 39.1 Å². The van der Waals surface area contributed by atoms with Gasteiger partial charge in [0.15, 0.2) is 5.65 Å². The highest BCUT2D eigenvalue weighted by atomic mass is 16.1. The van der Waals surface area contributed by atoms with E-state index in [9.17, 15) is 4.79 Å². The van der Waals surface area contributed by atoms with Crippen molar-refractivity contribution in [2.45, 2.75) is 60.0 Å². The number of rotatable bonds is 7. The summed E-state index contributed by atoms with van der Waals surface area (Å²) in [6.07, 6.45) is 3.00. The van der Waals surface area contributed by atoms with Crippen LogP contribution < -0.4 is 5.32 Å². The number of fused-ring (bicyclic) bond motifs is 2. The van der Waals surface area contributed by atoms with Gasteiger partial charge in [-0.05, 0) is 64.3 Å². The fourth-order valence-corrected chi connectivity index (χ4v) is 4.25. The fraction of sp³-hybridized carbons (Fsp3) is 0.417. The number of aryl methyl sites for hydroxylation is 3. The molecule has 0 aliphatic rings. The molecule has 0 bridgehead atoms. The van der Waals surface area contributed by atoms with Crippen LogP contribution in [0, 0.1) is 20.8 Å². The zero-order chi connectivity index (χ0) is 22.1. The first-order valence-corrected chi connectivity index (χ1v) is 10.9. The minimum atomic E-state index is 0.0545. The van der Waals surface area contributed by atoms with Crippen LogP contribution in [0.5, 0.6) is 0 Å². The number of carbonyl (C=O) groups excluding carboxylic acids is 1. The molecule has 1 N–H and O–H groups in total. The van der Waals surface area contributed by atoms with Crippen LogP contribution in [0.3, 0.4) is 0 Å². The van der Waals surface area contributed by atoms with Gasteiger partial charge in [0.05, 0.1) is 17.2 Å². The molecule has 4 aromatic rings. The second-order valence-electron chi connectivity index (χ2n) is 8.37. The lowest BCUT2D eigenvalue weighted by Crippen LogP contribution is -2.27. The Hall–Kier alpha value is -3.22. The Morgan fingerprint density at radius 2 is 1.90 bits per heavy atom. The van der Waals surface area contributed by atoms with Crippen molar-refractivity contribution in [3.63, 3.8) is 0 Å². The van der Waals surface area contributed by atoms with Gasteiger partial charge in [0.25, 0.3) is 0 Å². The van der Waals surface area contributed by atoms with Crippen molar-refractivity contribution in [1.82, 2.24) is 29.6 Å². The molecule has 0 saturated carbocycles. The van der Waals surface area contributed by atoms with Crippen LogP contribution in [-0.4, -0.2) is 36.8 Å². The lowest BCUT2D eigenvalue weighted by molar-refractivity contribution is -0.121. The minimum absolute atomic E-state index is 0.0545. The molecule has 0 unspecified atom stereocenters. The lowest BCUT2D eigenvalue weighted by Gasteiger charge is -2.13. The number of benzene rings is 1. The van der Waals surface area contributed by atoms with Gasteiger partial charge in [-0.3, -0.25) is 4.79 Å². The van der Waals surface area contributed by atoms with E-state index in [0.29, 0.717) is 25.9 Å². The van der Waals surface area contributed by atoms with Crippen molar-refractivity contribution in [1.29, 1.82) is 0 Å². The maximum absolute atomic E-state index is 12.5. The standard InChI is InChI=1S/C24H30N6O/c1-15(2)30-24-20(14-26-30)16(3)19(17(4)27-24)10-11-23(31)25-12-13-29-18(5)28-21-8-6-7-9-22(21)29/h6-9,14-15H,10-13H2,1-5H3,(H,25,31). The summed E-state index contributed by atoms with van der Waals surface area (Å²) in [6.45, 7) is 11.6. The number of aromatic nitrogens is 5. The zero-order valence-electron chi connectivity index (χ0n) is 18.9. The Labute approximate surface area is 182 Å². The molecule has 0 fully saturated rings. The molecular weight excluding hydrogens is 388 g/mol. The van der Waals surface area contributed by atoms with E-state index in [2.05, 4.69) is 46.8 Å².